The van der Waals surface area contributed by atoms with E-state index >= 15 is 0 Å². The molecule has 0 aliphatic heterocycles. The summed E-state index contributed by atoms with van der Waals surface area (Å²) in [5, 5.41) is 9.50. The quantitative estimate of drug-likeness (QED) is 0.601. The average Bonchev–Trinajstić information content (AvgIpc) is 2.94. The summed E-state index contributed by atoms with van der Waals surface area (Å²) >= 11 is 0. The summed E-state index contributed by atoms with van der Waals surface area (Å²) in [4.78, 5) is 0. The van der Waals surface area contributed by atoms with Gasteiger partial charge in [-0.25, -0.2) is 4.39 Å². The second-order valence-electron chi connectivity index (χ2n) is 6.01. The maximum Gasteiger partial charge on any atom is 0.131 e. The van der Waals surface area contributed by atoms with E-state index in [1.165, 1.54) is 6.07 Å². The van der Waals surface area contributed by atoms with Crippen molar-refractivity contribution in [3.05, 3.63) is 82.9 Å². The molecule has 0 radical (unpaired) electrons. The molecule has 0 aliphatic rings. The molecule has 0 amide bonds. The van der Waals surface area contributed by atoms with E-state index < -0.39 is 5.82 Å². The summed E-state index contributed by atoms with van der Waals surface area (Å²) in [6.07, 6.45) is 1.74. The summed E-state index contributed by atoms with van der Waals surface area (Å²) < 4.78 is 21.3. The molecule has 4 heteroatoms. The minimum atomic E-state index is -0.399. The monoisotopic (exact) mass is 346 g/mol. The van der Waals surface area contributed by atoms with Crippen molar-refractivity contribution in [3.8, 4) is 17.5 Å². The number of nitrogens with zero attached hydrogens (tertiary/aromatic N) is 2. The summed E-state index contributed by atoms with van der Waals surface area (Å²) in [6.45, 7) is 3.99. The Hall–Kier alpha value is -3.32. The van der Waals surface area contributed by atoms with Crippen molar-refractivity contribution in [1.82, 2.24) is 4.57 Å². The van der Waals surface area contributed by atoms with E-state index in [1.54, 1.807) is 31.4 Å². The van der Waals surface area contributed by atoms with Crippen molar-refractivity contribution in [2.24, 2.45) is 0 Å². The van der Waals surface area contributed by atoms with Crippen LogP contribution < -0.4 is 4.74 Å². The van der Waals surface area contributed by atoms with E-state index in [4.69, 9.17) is 4.74 Å². The van der Waals surface area contributed by atoms with Gasteiger partial charge in [0.1, 0.15) is 11.6 Å². The molecule has 0 saturated heterocycles. The minimum Gasteiger partial charge on any atom is -0.497 e. The van der Waals surface area contributed by atoms with Crippen LogP contribution in [0, 0.1) is 31.0 Å². The molecule has 2 aromatic carbocycles. The number of nitriles is 1. The number of aromatic nitrogens is 1. The van der Waals surface area contributed by atoms with Gasteiger partial charge in [-0.05, 0) is 61.9 Å². The summed E-state index contributed by atoms with van der Waals surface area (Å²) in [7, 11) is 1.64. The number of hydrogen-bond acceptors (Lipinski definition) is 2. The lowest BCUT2D eigenvalue weighted by Gasteiger charge is -2.10. The van der Waals surface area contributed by atoms with Crippen LogP contribution >= 0.6 is 0 Å². The lowest BCUT2D eigenvalue weighted by Crippen LogP contribution is -1.99. The van der Waals surface area contributed by atoms with E-state index in [-0.39, 0.29) is 0 Å². The highest BCUT2D eigenvalue weighted by Gasteiger charge is 2.12. The molecule has 0 saturated carbocycles. The van der Waals surface area contributed by atoms with E-state index in [0.29, 0.717) is 11.1 Å². The molecule has 0 unspecified atom stereocenters. The Labute approximate surface area is 152 Å². The second kappa shape index (κ2) is 7.28. The summed E-state index contributed by atoms with van der Waals surface area (Å²) in [5.74, 6) is 0.395. The Bertz CT molecular complexity index is 1010. The Morgan fingerprint density at radius 1 is 1.12 bits per heavy atom. The lowest BCUT2D eigenvalue weighted by atomic mass is 10.0. The Morgan fingerprint density at radius 3 is 2.42 bits per heavy atom. The molecule has 0 atom stereocenters. The van der Waals surface area contributed by atoms with Crippen molar-refractivity contribution >= 4 is 11.6 Å². The van der Waals surface area contributed by atoms with Gasteiger partial charge in [0.15, 0.2) is 0 Å². The number of hydrogen-bond donors (Lipinski definition) is 0. The van der Waals surface area contributed by atoms with Crippen molar-refractivity contribution in [2.45, 2.75) is 13.8 Å². The molecule has 3 nitrogen and oxygen atoms in total. The molecule has 130 valence electrons. The standard InChI is InChI=1S/C22H19FN2O/c1-15-12-17(13-18(14-24)21-6-4-5-7-22(21)23)16(2)25(15)19-8-10-20(26-3)11-9-19/h4-13H,1-3H3/b18-13-. The minimum absolute atomic E-state index is 0.304. The molecule has 0 spiro atoms. The number of ether oxygens (including phenoxy) is 1. The van der Waals surface area contributed by atoms with Crippen molar-refractivity contribution in [2.75, 3.05) is 7.11 Å². The topological polar surface area (TPSA) is 38.0 Å². The van der Waals surface area contributed by atoms with Crippen LogP contribution in [-0.4, -0.2) is 11.7 Å². The molecular weight excluding hydrogens is 327 g/mol. The predicted octanol–water partition coefficient (Wildman–Crippen LogP) is 5.31. The average molecular weight is 346 g/mol. The van der Waals surface area contributed by atoms with Gasteiger partial charge in [-0.2, -0.15) is 5.26 Å². The van der Waals surface area contributed by atoms with Crippen LogP contribution in [0.15, 0.2) is 54.6 Å². The molecule has 1 aromatic heterocycles. The Balaban J connectivity index is 2.07. The third kappa shape index (κ3) is 3.25. The van der Waals surface area contributed by atoms with Crippen LogP contribution in [0.2, 0.25) is 0 Å². The number of allylic oxidation sites excluding steroid dienone is 1. The van der Waals surface area contributed by atoms with Crippen LogP contribution in [0.1, 0.15) is 22.5 Å². The van der Waals surface area contributed by atoms with Gasteiger partial charge in [-0.15, -0.1) is 0 Å². The van der Waals surface area contributed by atoms with Gasteiger partial charge in [-0.3, -0.25) is 0 Å². The third-order valence-electron chi connectivity index (χ3n) is 4.39. The zero-order valence-electron chi connectivity index (χ0n) is 15.0. The first kappa shape index (κ1) is 17.5. The maximum atomic E-state index is 14.0. The first-order chi connectivity index (χ1) is 12.5. The zero-order chi connectivity index (χ0) is 18.7. The number of methoxy groups -OCH3 is 1. The van der Waals surface area contributed by atoms with E-state index in [1.807, 2.05) is 44.2 Å². The van der Waals surface area contributed by atoms with E-state index in [9.17, 15) is 9.65 Å². The number of halogens is 1. The Kier molecular flexibility index (Phi) is 4.90. The molecule has 3 rings (SSSR count). The molecular formula is C22H19FN2O. The van der Waals surface area contributed by atoms with Crippen molar-refractivity contribution in [3.63, 3.8) is 0 Å². The van der Waals surface area contributed by atoms with E-state index in [0.717, 1.165) is 28.4 Å². The number of rotatable bonds is 4. The molecule has 3 aromatic rings. The lowest BCUT2D eigenvalue weighted by molar-refractivity contribution is 0.414. The highest BCUT2D eigenvalue weighted by Crippen LogP contribution is 2.27. The second-order valence-corrected chi connectivity index (χ2v) is 6.01. The summed E-state index contributed by atoms with van der Waals surface area (Å²) in [5.41, 5.74) is 4.52. The van der Waals surface area contributed by atoms with Gasteiger partial charge in [0.05, 0.1) is 18.8 Å². The van der Waals surface area contributed by atoms with Gasteiger partial charge in [0.2, 0.25) is 0 Å². The number of aryl methyl sites for hydroxylation is 1. The fourth-order valence-corrected chi connectivity index (χ4v) is 3.07. The number of benzene rings is 2. The SMILES string of the molecule is COc1ccc(-n2c(C)cc(/C=C(/C#N)c3ccccc3F)c2C)cc1. The van der Waals surface area contributed by atoms with E-state index in [2.05, 4.69) is 10.6 Å². The van der Waals surface area contributed by atoms with Crippen LogP contribution in [0.5, 0.6) is 5.75 Å². The molecule has 0 fully saturated rings. The largest absolute Gasteiger partial charge is 0.497 e. The van der Waals surface area contributed by atoms with Crippen molar-refractivity contribution in [1.29, 1.82) is 5.26 Å². The Morgan fingerprint density at radius 2 is 1.81 bits per heavy atom. The van der Waals surface area contributed by atoms with Crippen molar-refractivity contribution < 1.29 is 9.13 Å². The third-order valence-corrected chi connectivity index (χ3v) is 4.39. The van der Waals surface area contributed by atoms with Gasteiger partial charge in [-0.1, -0.05) is 18.2 Å². The summed E-state index contributed by atoms with van der Waals surface area (Å²) in [6, 6.07) is 18.2. The predicted molar refractivity (Wildman–Crippen MR) is 102 cm³/mol. The highest BCUT2D eigenvalue weighted by molar-refractivity contribution is 5.90. The van der Waals surface area contributed by atoms with Crippen LogP contribution in [-0.2, 0) is 0 Å². The first-order valence-corrected chi connectivity index (χ1v) is 8.25. The normalized spacial score (nSPS) is 11.3. The zero-order valence-corrected chi connectivity index (χ0v) is 15.0. The van der Waals surface area contributed by atoms with Crippen LogP contribution in [0.4, 0.5) is 4.39 Å². The molecule has 26 heavy (non-hydrogen) atoms. The van der Waals surface area contributed by atoms with Gasteiger partial charge in [0.25, 0.3) is 0 Å². The first-order valence-electron chi connectivity index (χ1n) is 8.25. The molecule has 0 bridgehead atoms. The molecule has 0 aliphatic carbocycles. The van der Waals surface area contributed by atoms with Crippen LogP contribution in [0.25, 0.3) is 17.3 Å². The fourth-order valence-electron chi connectivity index (χ4n) is 3.07. The van der Waals surface area contributed by atoms with Crippen LogP contribution in [0.3, 0.4) is 0 Å². The highest BCUT2D eigenvalue weighted by atomic mass is 19.1. The maximum absolute atomic E-state index is 14.0. The molecule has 1 heterocycles. The molecule has 0 N–H and O–H groups in total. The smallest absolute Gasteiger partial charge is 0.131 e. The fraction of sp³-hybridized carbons (Fsp3) is 0.136. The van der Waals surface area contributed by atoms with Gasteiger partial charge in [0, 0.05) is 22.6 Å². The van der Waals surface area contributed by atoms with Gasteiger partial charge < -0.3 is 9.30 Å². The van der Waals surface area contributed by atoms with Gasteiger partial charge >= 0.3 is 0 Å².